The molecule has 0 aliphatic heterocycles. The van der Waals surface area contributed by atoms with E-state index in [2.05, 4.69) is 10.1 Å². The predicted octanol–water partition coefficient (Wildman–Crippen LogP) is 2.34. The fraction of sp³-hybridized carbons (Fsp3) is 0.308. The lowest BCUT2D eigenvalue weighted by Gasteiger charge is -2.19. The molecule has 1 unspecified atom stereocenters. The fourth-order valence-corrected chi connectivity index (χ4v) is 1.53. The minimum absolute atomic E-state index is 0.344. The minimum atomic E-state index is -0.494. The molecule has 0 aromatic heterocycles. The Bertz CT molecular complexity index is 388. The Kier molecular flexibility index (Phi) is 5.07. The summed E-state index contributed by atoms with van der Waals surface area (Å²) in [4.78, 5) is 11.3. The van der Waals surface area contributed by atoms with E-state index in [1.165, 1.54) is 7.11 Å². The largest absolute Gasteiger partial charge is 0.453 e. The van der Waals surface area contributed by atoms with Crippen molar-refractivity contribution in [1.29, 1.82) is 0 Å². The van der Waals surface area contributed by atoms with Crippen LogP contribution < -0.4 is 11.1 Å². The Morgan fingerprint density at radius 1 is 1.47 bits per heavy atom. The van der Waals surface area contributed by atoms with Gasteiger partial charge in [-0.3, -0.25) is 0 Å². The van der Waals surface area contributed by atoms with E-state index < -0.39 is 6.09 Å². The molecule has 1 rings (SSSR count). The molecule has 0 radical (unpaired) electrons. The molecule has 0 fully saturated rings. The number of methoxy groups -OCH3 is 1. The topological polar surface area (TPSA) is 64.3 Å². The van der Waals surface area contributed by atoms with Crippen molar-refractivity contribution in [1.82, 2.24) is 5.32 Å². The maximum Gasteiger partial charge on any atom is 0.407 e. The first kappa shape index (κ1) is 13.1. The van der Waals surface area contributed by atoms with Crippen molar-refractivity contribution in [2.24, 2.45) is 5.73 Å². The van der Waals surface area contributed by atoms with E-state index in [1.807, 2.05) is 43.3 Å². The molecule has 1 aromatic carbocycles. The van der Waals surface area contributed by atoms with Crippen molar-refractivity contribution in [3.63, 3.8) is 0 Å². The zero-order valence-corrected chi connectivity index (χ0v) is 10.1. The maximum atomic E-state index is 11.3. The summed E-state index contributed by atoms with van der Waals surface area (Å²) in [6, 6.07) is 9.21. The van der Waals surface area contributed by atoms with Gasteiger partial charge in [-0.05, 0) is 12.0 Å². The zero-order chi connectivity index (χ0) is 12.7. The van der Waals surface area contributed by atoms with Crippen molar-refractivity contribution in [3.8, 4) is 0 Å². The lowest BCUT2D eigenvalue weighted by Crippen LogP contribution is -2.32. The number of alkyl carbamates (subject to hydrolysis) is 1. The Balaban J connectivity index is 2.94. The first-order chi connectivity index (χ1) is 8.19. The molecule has 0 heterocycles. The summed E-state index contributed by atoms with van der Waals surface area (Å²) < 4.78 is 4.60. The molecule has 1 amide bonds. The number of nitrogens with two attached hydrogens (primary N) is 1. The molecule has 1 atom stereocenters. The number of carbonyl (C=O) groups excluding carboxylic acids is 1. The summed E-state index contributed by atoms with van der Waals surface area (Å²) in [7, 11) is 1.33. The average Bonchev–Trinajstić information content (AvgIpc) is 2.36. The molecule has 0 aliphatic carbocycles. The number of hydrogen-bond donors (Lipinski definition) is 2. The first-order valence-corrected chi connectivity index (χ1v) is 5.54. The number of rotatable bonds is 4. The normalized spacial score (nSPS) is 12.9. The van der Waals surface area contributed by atoms with Crippen molar-refractivity contribution in [2.75, 3.05) is 7.11 Å². The van der Waals surface area contributed by atoms with E-state index in [1.54, 1.807) is 0 Å². The molecule has 0 aliphatic rings. The third-order valence-electron chi connectivity index (χ3n) is 2.35. The van der Waals surface area contributed by atoms with E-state index in [0.29, 0.717) is 5.70 Å². The predicted molar refractivity (Wildman–Crippen MR) is 67.3 cm³/mol. The molecule has 4 nitrogen and oxygen atoms in total. The Hall–Kier alpha value is -1.97. The van der Waals surface area contributed by atoms with Gasteiger partial charge in [0.2, 0.25) is 0 Å². The number of ether oxygens (including phenoxy) is 1. The Morgan fingerprint density at radius 3 is 2.65 bits per heavy atom. The quantitative estimate of drug-likeness (QED) is 0.840. The molecule has 3 N–H and O–H groups in total. The molecular formula is C13H18N2O2. The van der Waals surface area contributed by atoms with Gasteiger partial charge < -0.3 is 15.8 Å². The van der Waals surface area contributed by atoms with Crippen molar-refractivity contribution in [3.05, 3.63) is 47.7 Å². The molecule has 0 spiro atoms. The molecule has 0 saturated heterocycles. The van der Waals surface area contributed by atoms with Gasteiger partial charge in [-0.25, -0.2) is 4.79 Å². The number of benzene rings is 1. The van der Waals surface area contributed by atoms with Crippen LogP contribution in [0.15, 0.2) is 42.1 Å². The summed E-state index contributed by atoms with van der Waals surface area (Å²) in [5, 5.41) is 2.71. The summed E-state index contributed by atoms with van der Waals surface area (Å²) in [6.07, 6.45) is 2.21. The minimum Gasteiger partial charge on any atom is -0.453 e. The summed E-state index contributed by atoms with van der Waals surface area (Å²) in [6.45, 7) is 1.99. The van der Waals surface area contributed by atoms with Crippen LogP contribution in [-0.2, 0) is 4.74 Å². The first-order valence-electron chi connectivity index (χ1n) is 5.54. The summed E-state index contributed by atoms with van der Waals surface area (Å²) >= 11 is 0. The second-order valence-corrected chi connectivity index (χ2v) is 3.59. The molecule has 0 bridgehead atoms. The average molecular weight is 234 g/mol. The van der Waals surface area contributed by atoms with Gasteiger partial charge in [-0.2, -0.15) is 0 Å². The van der Waals surface area contributed by atoms with Crippen LogP contribution in [0.2, 0.25) is 0 Å². The fourth-order valence-electron chi connectivity index (χ4n) is 1.53. The number of nitrogens with one attached hydrogen (secondary N) is 1. The lowest BCUT2D eigenvalue weighted by molar-refractivity contribution is 0.168. The maximum absolute atomic E-state index is 11.3. The van der Waals surface area contributed by atoms with Crippen molar-refractivity contribution < 1.29 is 9.53 Å². The summed E-state index contributed by atoms with van der Waals surface area (Å²) in [5.74, 6) is 0. The van der Waals surface area contributed by atoms with Gasteiger partial charge in [0.15, 0.2) is 0 Å². The smallest absolute Gasteiger partial charge is 0.407 e. The van der Waals surface area contributed by atoms with Crippen LogP contribution in [0, 0.1) is 0 Å². The van der Waals surface area contributed by atoms with Gasteiger partial charge in [0, 0.05) is 5.70 Å². The highest BCUT2D eigenvalue weighted by Gasteiger charge is 2.16. The SMILES string of the molecule is CC/C=C(\N)C(NC(=O)OC)c1ccccc1. The van der Waals surface area contributed by atoms with Gasteiger partial charge in [0.25, 0.3) is 0 Å². The van der Waals surface area contributed by atoms with Crippen molar-refractivity contribution >= 4 is 6.09 Å². The standard InChI is InChI=1S/C13H18N2O2/c1-3-7-11(14)12(15-13(16)17-2)10-8-5-4-6-9-10/h4-9,12H,3,14H2,1-2H3,(H,15,16)/b11-7-. The molecular weight excluding hydrogens is 216 g/mol. The van der Waals surface area contributed by atoms with E-state index in [0.717, 1.165) is 12.0 Å². The molecule has 0 saturated carbocycles. The summed E-state index contributed by atoms with van der Waals surface area (Å²) in [5.41, 5.74) is 7.50. The van der Waals surface area contributed by atoms with Crippen LogP contribution in [0.4, 0.5) is 4.79 Å². The number of carbonyl (C=O) groups is 1. The second-order valence-electron chi connectivity index (χ2n) is 3.59. The van der Waals surface area contributed by atoms with Crippen LogP contribution in [0.5, 0.6) is 0 Å². The number of hydrogen-bond acceptors (Lipinski definition) is 3. The third-order valence-corrected chi connectivity index (χ3v) is 2.35. The molecule has 4 heteroatoms. The van der Waals surface area contributed by atoms with Gasteiger partial charge in [-0.1, -0.05) is 43.3 Å². The van der Waals surface area contributed by atoms with Gasteiger partial charge in [-0.15, -0.1) is 0 Å². The molecule has 1 aromatic rings. The van der Waals surface area contributed by atoms with Crippen molar-refractivity contribution in [2.45, 2.75) is 19.4 Å². The van der Waals surface area contributed by atoms with E-state index >= 15 is 0 Å². The van der Waals surface area contributed by atoms with E-state index in [9.17, 15) is 4.79 Å². The monoisotopic (exact) mass is 234 g/mol. The molecule has 17 heavy (non-hydrogen) atoms. The van der Waals surface area contributed by atoms with Gasteiger partial charge in [0.05, 0.1) is 13.2 Å². The van der Waals surface area contributed by atoms with E-state index in [-0.39, 0.29) is 6.04 Å². The van der Waals surface area contributed by atoms with Crippen LogP contribution >= 0.6 is 0 Å². The third kappa shape index (κ3) is 3.83. The highest BCUT2D eigenvalue weighted by atomic mass is 16.5. The van der Waals surface area contributed by atoms with Gasteiger partial charge >= 0.3 is 6.09 Å². The van der Waals surface area contributed by atoms with E-state index in [4.69, 9.17) is 5.73 Å². The number of amides is 1. The highest BCUT2D eigenvalue weighted by molar-refractivity contribution is 5.68. The lowest BCUT2D eigenvalue weighted by atomic mass is 10.0. The zero-order valence-electron chi connectivity index (χ0n) is 10.1. The van der Waals surface area contributed by atoms with Crippen LogP contribution in [0.25, 0.3) is 0 Å². The molecule has 92 valence electrons. The van der Waals surface area contributed by atoms with Gasteiger partial charge in [0.1, 0.15) is 0 Å². The number of allylic oxidation sites excluding steroid dienone is 1. The highest BCUT2D eigenvalue weighted by Crippen LogP contribution is 2.18. The van der Waals surface area contributed by atoms with Crippen LogP contribution in [0.1, 0.15) is 24.9 Å². The Morgan fingerprint density at radius 2 is 2.12 bits per heavy atom. The second kappa shape index (κ2) is 6.58. The Labute approximate surface area is 101 Å². The van der Waals surface area contributed by atoms with Crippen LogP contribution in [0.3, 0.4) is 0 Å². The van der Waals surface area contributed by atoms with Crippen LogP contribution in [-0.4, -0.2) is 13.2 Å².